The van der Waals surface area contributed by atoms with Crippen LogP contribution < -0.4 is 0 Å². The van der Waals surface area contributed by atoms with Gasteiger partial charge in [-0.1, -0.05) is 6.07 Å². The fourth-order valence-electron chi connectivity index (χ4n) is 2.35. The van der Waals surface area contributed by atoms with Crippen molar-refractivity contribution in [1.29, 1.82) is 0 Å². The Kier molecular flexibility index (Phi) is 2.46. The van der Waals surface area contributed by atoms with Gasteiger partial charge in [-0.05, 0) is 36.8 Å². The molecule has 2 aliphatic rings. The zero-order chi connectivity index (χ0) is 11.2. The average Bonchev–Trinajstić information content (AvgIpc) is 2.88. The molecule has 1 aliphatic carbocycles. The second-order valence-electron chi connectivity index (χ2n) is 4.82. The Balaban J connectivity index is 1.75. The van der Waals surface area contributed by atoms with Gasteiger partial charge in [0.25, 0.3) is 0 Å². The number of nitrogens with zero attached hydrogens (tertiary/aromatic N) is 1. The van der Waals surface area contributed by atoms with Crippen LogP contribution in [0, 0.1) is 11.2 Å². The molecule has 1 spiro atoms. The summed E-state index contributed by atoms with van der Waals surface area (Å²) in [5, 5.41) is 0. The van der Waals surface area contributed by atoms with Crippen molar-refractivity contribution < 1.29 is 8.94 Å². The van der Waals surface area contributed by atoms with Crippen LogP contribution in [-0.2, 0) is 11.4 Å². The Morgan fingerprint density at radius 3 is 2.75 bits per heavy atom. The third-order valence-electron chi connectivity index (χ3n) is 3.59. The first-order chi connectivity index (χ1) is 7.69. The molecule has 86 valence electrons. The summed E-state index contributed by atoms with van der Waals surface area (Å²) in [6, 6.07) is 6.10. The van der Waals surface area contributed by atoms with Crippen molar-refractivity contribution in [3.63, 3.8) is 0 Å². The van der Waals surface area contributed by atoms with E-state index in [1.807, 2.05) is 4.31 Å². The van der Waals surface area contributed by atoms with Crippen LogP contribution in [0.2, 0.25) is 0 Å². The van der Waals surface area contributed by atoms with Crippen molar-refractivity contribution in [3.05, 3.63) is 30.1 Å². The summed E-state index contributed by atoms with van der Waals surface area (Å²) < 4.78 is 27.2. The average molecular weight is 239 g/mol. The molecule has 16 heavy (non-hydrogen) atoms. The third-order valence-corrected chi connectivity index (χ3v) is 5.03. The minimum absolute atomic E-state index is 0.314. The molecule has 1 aliphatic heterocycles. The zero-order valence-electron chi connectivity index (χ0n) is 8.99. The molecule has 0 amide bonds. The predicted octanol–water partition coefficient (Wildman–Crippen LogP) is 2.33. The van der Waals surface area contributed by atoms with Crippen LogP contribution in [0.1, 0.15) is 19.3 Å². The molecule has 0 N–H and O–H groups in total. The molecule has 3 rings (SSSR count). The summed E-state index contributed by atoms with van der Waals surface area (Å²) in [5.41, 5.74) is 0.461. The molecule has 2 nitrogen and oxygen atoms in total. The minimum atomic E-state index is -1.18. The summed E-state index contributed by atoms with van der Waals surface area (Å²) in [5.74, 6) is -0.314. The molecule has 4 heteroatoms. The Morgan fingerprint density at radius 1 is 1.31 bits per heavy atom. The standard InChI is InChI=1S/C12H14FNOS/c13-10-2-1-3-11(8-10)16(15)14-7-6-12(9-14)4-5-12/h1-3,8H,4-7,9H2. The topological polar surface area (TPSA) is 26.3 Å². The van der Waals surface area contributed by atoms with Crippen LogP contribution in [0.4, 0.5) is 4.39 Å². The first-order valence-electron chi connectivity index (χ1n) is 5.61. The van der Waals surface area contributed by atoms with Crippen LogP contribution in [-0.4, -0.2) is 21.9 Å². The van der Waals surface area contributed by atoms with Crippen LogP contribution >= 0.6 is 0 Å². The maximum Gasteiger partial charge on any atom is 0.177 e. The molecule has 0 radical (unpaired) electrons. The molecule has 1 unspecified atom stereocenters. The van der Waals surface area contributed by atoms with Gasteiger partial charge >= 0.3 is 0 Å². The van der Waals surface area contributed by atoms with Crippen molar-refractivity contribution in [2.24, 2.45) is 5.41 Å². The Hall–Kier alpha value is -0.580. The Labute approximate surface area is 97.8 Å². The van der Waals surface area contributed by atoms with E-state index in [9.17, 15) is 8.94 Å². The van der Waals surface area contributed by atoms with Gasteiger partial charge in [0.05, 0.1) is 17.9 Å². The van der Waals surface area contributed by atoms with E-state index in [1.54, 1.807) is 12.1 Å². The summed E-state index contributed by atoms with van der Waals surface area (Å²) in [4.78, 5) is 0.581. The molecule has 1 heterocycles. The van der Waals surface area contributed by atoms with Gasteiger partial charge in [-0.2, -0.15) is 0 Å². The lowest BCUT2D eigenvalue weighted by molar-refractivity contribution is 0.450. The first kappa shape index (κ1) is 10.6. The van der Waals surface area contributed by atoms with E-state index in [1.165, 1.54) is 25.0 Å². The van der Waals surface area contributed by atoms with E-state index >= 15 is 0 Å². The van der Waals surface area contributed by atoms with Crippen molar-refractivity contribution in [2.45, 2.75) is 24.2 Å². The van der Waals surface area contributed by atoms with Gasteiger partial charge in [0.15, 0.2) is 4.90 Å². The molecule has 1 aromatic carbocycles. The maximum atomic E-state index is 13.0. The first-order valence-corrected chi connectivity index (χ1v) is 6.72. The molecule has 2 fully saturated rings. The summed E-state index contributed by atoms with van der Waals surface area (Å²) in [6.07, 6.45) is 3.68. The van der Waals surface area contributed by atoms with Gasteiger partial charge in [-0.3, -0.25) is 0 Å². The van der Waals surface area contributed by atoms with Crippen molar-refractivity contribution in [1.82, 2.24) is 4.31 Å². The van der Waals surface area contributed by atoms with Crippen LogP contribution in [0.15, 0.2) is 29.2 Å². The summed E-state index contributed by atoms with van der Waals surface area (Å²) >= 11 is -1.18. The highest BCUT2D eigenvalue weighted by Gasteiger charge is 2.51. The molecule has 1 aromatic rings. The van der Waals surface area contributed by atoms with Gasteiger partial charge in [-0.25, -0.2) is 4.39 Å². The SMILES string of the molecule is [O-][S+](c1cccc(F)c1)N1CCC2(CC2)C1. The quantitative estimate of drug-likeness (QED) is 0.740. The Morgan fingerprint density at radius 2 is 2.12 bits per heavy atom. The van der Waals surface area contributed by atoms with Crippen molar-refractivity contribution >= 4 is 11.4 Å². The molecule has 1 atom stereocenters. The molecule has 0 bridgehead atoms. The van der Waals surface area contributed by atoms with E-state index in [4.69, 9.17) is 0 Å². The van der Waals surface area contributed by atoms with E-state index in [0.29, 0.717) is 10.3 Å². The van der Waals surface area contributed by atoms with Gasteiger partial charge in [0.1, 0.15) is 5.82 Å². The van der Waals surface area contributed by atoms with Crippen LogP contribution in [0.3, 0.4) is 0 Å². The van der Waals surface area contributed by atoms with E-state index in [0.717, 1.165) is 19.5 Å². The number of benzene rings is 1. The lowest BCUT2D eigenvalue weighted by atomic mass is 10.1. The van der Waals surface area contributed by atoms with Crippen LogP contribution in [0.25, 0.3) is 0 Å². The second-order valence-corrected chi connectivity index (χ2v) is 6.31. The smallest absolute Gasteiger partial charge is 0.177 e. The Bertz CT molecular complexity index is 408. The molecule has 1 saturated carbocycles. The van der Waals surface area contributed by atoms with Gasteiger partial charge in [-0.15, -0.1) is 4.31 Å². The largest absolute Gasteiger partial charge is 0.593 e. The van der Waals surface area contributed by atoms with E-state index in [2.05, 4.69) is 0 Å². The minimum Gasteiger partial charge on any atom is -0.593 e. The number of halogens is 1. The number of rotatable bonds is 2. The highest BCUT2D eigenvalue weighted by Crippen LogP contribution is 2.53. The predicted molar refractivity (Wildman–Crippen MR) is 60.7 cm³/mol. The van der Waals surface area contributed by atoms with E-state index < -0.39 is 11.4 Å². The van der Waals surface area contributed by atoms with Gasteiger partial charge in [0.2, 0.25) is 0 Å². The maximum absolute atomic E-state index is 13.0. The zero-order valence-corrected chi connectivity index (χ0v) is 9.80. The lowest BCUT2D eigenvalue weighted by Crippen LogP contribution is -2.29. The van der Waals surface area contributed by atoms with Gasteiger partial charge < -0.3 is 4.55 Å². The van der Waals surface area contributed by atoms with Crippen molar-refractivity contribution in [2.75, 3.05) is 13.1 Å². The lowest BCUT2D eigenvalue weighted by Gasteiger charge is -2.19. The van der Waals surface area contributed by atoms with Crippen LogP contribution in [0.5, 0.6) is 0 Å². The molecular weight excluding hydrogens is 225 g/mol. The summed E-state index contributed by atoms with van der Waals surface area (Å²) in [7, 11) is 0. The number of hydrogen-bond donors (Lipinski definition) is 0. The molecule has 0 aromatic heterocycles. The fourth-order valence-corrected chi connectivity index (χ4v) is 3.70. The van der Waals surface area contributed by atoms with E-state index in [-0.39, 0.29) is 5.82 Å². The fraction of sp³-hybridized carbons (Fsp3) is 0.500. The highest BCUT2D eigenvalue weighted by molar-refractivity contribution is 7.89. The summed E-state index contributed by atoms with van der Waals surface area (Å²) in [6.45, 7) is 1.79. The third kappa shape index (κ3) is 1.85. The molecular formula is C12H14FNOS. The highest BCUT2D eigenvalue weighted by atomic mass is 32.2. The van der Waals surface area contributed by atoms with Crippen molar-refractivity contribution in [3.8, 4) is 0 Å². The monoisotopic (exact) mass is 239 g/mol. The number of hydrogen-bond acceptors (Lipinski definition) is 2. The second kappa shape index (κ2) is 3.72. The normalized spacial score (nSPS) is 24.9. The molecule has 1 saturated heterocycles. The van der Waals surface area contributed by atoms with Gasteiger partial charge in [0, 0.05) is 12.6 Å².